The van der Waals surface area contributed by atoms with Crippen LogP contribution in [-0.2, 0) is 0 Å². The molecule has 0 heterocycles. The maximum atomic E-state index is 5.41. The highest BCUT2D eigenvalue weighted by Gasteiger charge is 1.93. The number of nitrogens with zero attached hydrogens (tertiary/aromatic N) is 1. The van der Waals surface area contributed by atoms with Gasteiger partial charge in [-0.25, -0.2) is 0 Å². The van der Waals surface area contributed by atoms with E-state index in [0.717, 1.165) is 12.5 Å². The lowest BCUT2D eigenvalue weighted by atomic mass is 10.1. The maximum Gasteiger partial charge on any atom is 0.0125 e. The maximum absolute atomic E-state index is 5.41. The second-order valence-corrected chi connectivity index (χ2v) is 3.02. The fraction of sp³-hybridized carbons (Fsp3) is 1.00. The van der Waals surface area contributed by atoms with E-state index < -0.39 is 0 Å². The molecule has 2 N–H and O–H groups in total. The van der Waals surface area contributed by atoms with Crippen LogP contribution in [0, 0.1) is 5.92 Å². The Morgan fingerprint density at radius 3 is 2.33 bits per heavy atom. The lowest BCUT2D eigenvalue weighted by Crippen LogP contribution is -2.26. The third-order valence-corrected chi connectivity index (χ3v) is 1.29. The molecule has 0 unspecified atom stereocenters. The molecule has 0 atom stereocenters. The fourth-order valence-corrected chi connectivity index (χ4v) is 0.749. The zero-order valence-electron chi connectivity index (χ0n) is 6.72. The highest BCUT2D eigenvalue weighted by atomic mass is 15.4. The van der Waals surface area contributed by atoms with E-state index in [9.17, 15) is 0 Å². The van der Waals surface area contributed by atoms with Gasteiger partial charge in [0.25, 0.3) is 0 Å². The SMILES string of the molecule is CC(C)CCCN(C)N. The molecule has 0 aliphatic carbocycles. The average molecular weight is 130 g/mol. The summed E-state index contributed by atoms with van der Waals surface area (Å²) in [5, 5.41) is 1.74. The summed E-state index contributed by atoms with van der Waals surface area (Å²) in [7, 11) is 1.90. The quantitative estimate of drug-likeness (QED) is 0.458. The van der Waals surface area contributed by atoms with Crippen molar-refractivity contribution >= 4 is 0 Å². The third kappa shape index (κ3) is 7.92. The van der Waals surface area contributed by atoms with E-state index in [1.54, 1.807) is 5.01 Å². The normalized spacial score (nSPS) is 11.3. The fourth-order valence-electron chi connectivity index (χ4n) is 0.749. The first-order valence-electron chi connectivity index (χ1n) is 3.58. The summed E-state index contributed by atoms with van der Waals surface area (Å²) in [5.41, 5.74) is 0. The Kier molecular flexibility index (Phi) is 4.72. The van der Waals surface area contributed by atoms with Gasteiger partial charge in [-0.05, 0) is 18.8 Å². The zero-order chi connectivity index (χ0) is 7.28. The van der Waals surface area contributed by atoms with Crippen LogP contribution in [-0.4, -0.2) is 18.6 Å². The number of hydrazine groups is 1. The summed E-state index contributed by atoms with van der Waals surface area (Å²) in [5.74, 6) is 6.22. The van der Waals surface area contributed by atoms with Gasteiger partial charge in [-0.3, -0.25) is 10.9 Å². The molecule has 0 aromatic heterocycles. The van der Waals surface area contributed by atoms with Crippen LogP contribution in [0.2, 0.25) is 0 Å². The molecule has 0 radical (unpaired) electrons. The summed E-state index contributed by atoms with van der Waals surface area (Å²) < 4.78 is 0. The molecule has 0 amide bonds. The standard InChI is InChI=1S/C7H18N2/c1-7(2)5-4-6-9(3)8/h7H,4-6,8H2,1-3H3. The van der Waals surface area contributed by atoms with E-state index in [-0.39, 0.29) is 0 Å². The summed E-state index contributed by atoms with van der Waals surface area (Å²) in [6.07, 6.45) is 2.49. The van der Waals surface area contributed by atoms with Crippen molar-refractivity contribution in [2.24, 2.45) is 11.8 Å². The summed E-state index contributed by atoms with van der Waals surface area (Å²) in [4.78, 5) is 0. The molecule has 0 fully saturated rings. The zero-order valence-corrected chi connectivity index (χ0v) is 6.72. The Balaban J connectivity index is 2.91. The van der Waals surface area contributed by atoms with Crippen LogP contribution in [0.25, 0.3) is 0 Å². The molecule has 2 nitrogen and oxygen atoms in total. The van der Waals surface area contributed by atoms with E-state index in [1.807, 2.05) is 7.05 Å². The third-order valence-electron chi connectivity index (χ3n) is 1.29. The van der Waals surface area contributed by atoms with Crippen molar-refractivity contribution in [3.63, 3.8) is 0 Å². The lowest BCUT2D eigenvalue weighted by Gasteiger charge is -2.09. The van der Waals surface area contributed by atoms with E-state index >= 15 is 0 Å². The van der Waals surface area contributed by atoms with Crippen molar-refractivity contribution in [1.82, 2.24) is 5.01 Å². The molecular formula is C7H18N2. The minimum absolute atomic E-state index is 0.810. The second kappa shape index (κ2) is 4.77. The summed E-state index contributed by atoms with van der Waals surface area (Å²) in [6, 6.07) is 0. The molecule has 2 heteroatoms. The first-order chi connectivity index (χ1) is 4.13. The van der Waals surface area contributed by atoms with Crippen LogP contribution < -0.4 is 5.84 Å². The van der Waals surface area contributed by atoms with E-state index in [0.29, 0.717) is 0 Å². The van der Waals surface area contributed by atoms with Gasteiger partial charge in [0.15, 0.2) is 0 Å². The van der Waals surface area contributed by atoms with E-state index in [1.165, 1.54) is 12.8 Å². The topological polar surface area (TPSA) is 29.3 Å². The molecule has 0 saturated heterocycles. The highest BCUT2D eigenvalue weighted by molar-refractivity contribution is 4.47. The smallest absolute Gasteiger partial charge is 0.0125 e. The Hall–Kier alpha value is -0.0800. The molecule has 0 bridgehead atoms. The second-order valence-electron chi connectivity index (χ2n) is 3.02. The molecule has 9 heavy (non-hydrogen) atoms. The Morgan fingerprint density at radius 2 is 2.00 bits per heavy atom. The number of hydrogen-bond donors (Lipinski definition) is 1. The number of hydrogen-bond acceptors (Lipinski definition) is 2. The first-order valence-corrected chi connectivity index (χ1v) is 3.58. The summed E-state index contributed by atoms with van der Waals surface area (Å²) in [6.45, 7) is 5.48. The summed E-state index contributed by atoms with van der Waals surface area (Å²) >= 11 is 0. The molecule has 0 rings (SSSR count). The van der Waals surface area contributed by atoms with Crippen LogP contribution in [0.3, 0.4) is 0 Å². The molecular weight excluding hydrogens is 112 g/mol. The molecule has 0 aromatic carbocycles. The van der Waals surface area contributed by atoms with Crippen molar-refractivity contribution in [3.05, 3.63) is 0 Å². The molecule has 0 aliphatic heterocycles. The van der Waals surface area contributed by atoms with Gasteiger partial charge in [0.05, 0.1) is 0 Å². The Bertz CT molecular complexity index is 51.9. The van der Waals surface area contributed by atoms with Crippen LogP contribution in [0.1, 0.15) is 26.7 Å². The minimum atomic E-state index is 0.810. The molecule has 0 saturated carbocycles. The predicted octanol–water partition coefficient (Wildman–Crippen LogP) is 1.23. The monoisotopic (exact) mass is 130 g/mol. The average Bonchev–Trinajstić information content (AvgIpc) is 1.63. The van der Waals surface area contributed by atoms with Gasteiger partial charge in [0.2, 0.25) is 0 Å². The Morgan fingerprint density at radius 1 is 1.44 bits per heavy atom. The van der Waals surface area contributed by atoms with Crippen molar-refractivity contribution in [2.75, 3.05) is 13.6 Å². The molecule has 0 aromatic rings. The van der Waals surface area contributed by atoms with Gasteiger partial charge >= 0.3 is 0 Å². The van der Waals surface area contributed by atoms with E-state index in [2.05, 4.69) is 13.8 Å². The van der Waals surface area contributed by atoms with Crippen molar-refractivity contribution in [2.45, 2.75) is 26.7 Å². The Labute approximate surface area is 58.0 Å². The first kappa shape index (κ1) is 8.92. The van der Waals surface area contributed by atoms with Crippen LogP contribution in [0.15, 0.2) is 0 Å². The highest BCUT2D eigenvalue weighted by Crippen LogP contribution is 2.02. The van der Waals surface area contributed by atoms with Crippen molar-refractivity contribution in [1.29, 1.82) is 0 Å². The van der Waals surface area contributed by atoms with Gasteiger partial charge in [-0.1, -0.05) is 13.8 Å². The molecule has 56 valence electrons. The van der Waals surface area contributed by atoms with Crippen LogP contribution in [0.5, 0.6) is 0 Å². The van der Waals surface area contributed by atoms with Crippen LogP contribution in [0.4, 0.5) is 0 Å². The lowest BCUT2D eigenvalue weighted by molar-refractivity contribution is 0.329. The van der Waals surface area contributed by atoms with Crippen molar-refractivity contribution < 1.29 is 0 Å². The molecule has 0 aliphatic rings. The molecule has 0 spiro atoms. The van der Waals surface area contributed by atoms with Gasteiger partial charge in [-0.15, -0.1) is 0 Å². The minimum Gasteiger partial charge on any atom is -0.269 e. The number of rotatable bonds is 4. The van der Waals surface area contributed by atoms with Gasteiger partial charge < -0.3 is 0 Å². The number of nitrogens with two attached hydrogens (primary N) is 1. The van der Waals surface area contributed by atoms with Gasteiger partial charge in [0, 0.05) is 13.6 Å². The van der Waals surface area contributed by atoms with E-state index in [4.69, 9.17) is 5.84 Å². The van der Waals surface area contributed by atoms with Gasteiger partial charge in [-0.2, -0.15) is 0 Å². The predicted molar refractivity (Wildman–Crippen MR) is 40.9 cm³/mol. The van der Waals surface area contributed by atoms with Gasteiger partial charge in [0.1, 0.15) is 0 Å². The van der Waals surface area contributed by atoms with Crippen LogP contribution >= 0.6 is 0 Å². The largest absolute Gasteiger partial charge is 0.269 e. The van der Waals surface area contributed by atoms with Crippen molar-refractivity contribution in [3.8, 4) is 0 Å².